The van der Waals surface area contributed by atoms with Crippen LogP contribution in [-0.4, -0.2) is 30.9 Å². The van der Waals surface area contributed by atoms with Crippen molar-refractivity contribution in [3.05, 3.63) is 23.1 Å². The molecule has 20 heavy (non-hydrogen) atoms. The Labute approximate surface area is 113 Å². The Hall–Kier alpha value is -1.88. The highest BCUT2D eigenvalue weighted by Crippen LogP contribution is 2.28. The third-order valence-corrected chi connectivity index (χ3v) is 2.51. The summed E-state index contributed by atoms with van der Waals surface area (Å²) >= 11 is 0. The molecule has 0 bridgehead atoms. The number of aryl methyl sites for hydroxylation is 1. The van der Waals surface area contributed by atoms with Crippen molar-refractivity contribution in [2.45, 2.75) is 25.6 Å². The molecule has 1 rings (SSSR count). The van der Waals surface area contributed by atoms with Crippen molar-refractivity contribution in [2.75, 3.05) is 13.6 Å². The van der Waals surface area contributed by atoms with Gasteiger partial charge in [-0.2, -0.15) is 18.4 Å². The smallest absolute Gasteiger partial charge is 0.425 e. The monoisotopic (exact) mass is 291 g/mol. The van der Waals surface area contributed by atoms with Gasteiger partial charge in [-0.1, -0.05) is 0 Å². The molecule has 0 aliphatic carbocycles. The molecule has 4 nitrogen and oxygen atoms in total. The Morgan fingerprint density at radius 1 is 1.50 bits per heavy atom. The zero-order chi connectivity index (χ0) is 15.3. The first-order valence-corrected chi connectivity index (χ1v) is 5.74. The second-order valence-corrected chi connectivity index (χ2v) is 4.06. The summed E-state index contributed by atoms with van der Waals surface area (Å²) < 4.78 is 56.4. The molecular formula is C12H13F4N3O. The van der Waals surface area contributed by atoms with Crippen LogP contribution in [0.4, 0.5) is 17.6 Å². The van der Waals surface area contributed by atoms with Crippen molar-refractivity contribution in [3.63, 3.8) is 0 Å². The predicted octanol–water partition coefficient (Wildman–Crippen LogP) is 2.32. The summed E-state index contributed by atoms with van der Waals surface area (Å²) in [6.45, 7) is 1.35. The number of hydrogen-bond acceptors (Lipinski definition) is 4. The fourth-order valence-electron chi connectivity index (χ4n) is 1.43. The van der Waals surface area contributed by atoms with Crippen molar-refractivity contribution in [1.29, 1.82) is 5.26 Å². The number of pyridine rings is 1. The van der Waals surface area contributed by atoms with Gasteiger partial charge in [0, 0.05) is 6.42 Å². The van der Waals surface area contributed by atoms with Gasteiger partial charge < -0.3 is 10.1 Å². The lowest BCUT2D eigenvalue weighted by Gasteiger charge is -2.21. The van der Waals surface area contributed by atoms with Crippen molar-refractivity contribution in [3.8, 4) is 11.9 Å². The molecule has 1 heterocycles. The van der Waals surface area contributed by atoms with E-state index in [0.717, 1.165) is 6.07 Å². The fourth-order valence-corrected chi connectivity index (χ4v) is 1.43. The maximum Gasteiger partial charge on any atom is 0.425 e. The maximum absolute atomic E-state index is 13.2. The molecule has 8 heteroatoms. The zero-order valence-corrected chi connectivity index (χ0v) is 10.9. The van der Waals surface area contributed by atoms with Gasteiger partial charge >= 0.3 is 6.18 Å². The fraction of sp³-hybridized carbons (Fsp3) is 0.500. The van der Waals surface area contributed by atoms with Crippen LogP contribution in [0.25, 0.3) is 0 Å². The van der Waals surface area contributed by atoms with Gasteiger partial charge in [-0.3, -0.25) is 0 Å². The molecule has 0 spiro atoms. The standard InChI is InChI=1S/C12H13F4N3O/c1-7-9(13)5-8(6-17)11(19-7)20-10(3-4-18-2)12(14,15)16/h5,10,18H,3-4H2,1-2H3. The van der Waals surface area contributed by atoms with E-state index in [1.165, 1.54) is 14.0 Å². The molecule has 0 saturated heterocycles. The highest BCUT2D eigenvalue weighted by molar-refractivity contribution is 5.39. The third-order valence-electron chi connectivity index (χ3n) is 2.51. The molecule has 0 fully saturated rings. The van der Waals surface area contributed by atoms with Crippen LogP contribution in [0, 0.1) is 24.1 Å². The minimum Gasteiger partial charge on any atom is -0.464 e. The van der Waals surface area contributed by atoms with Gasteiger partial charge in [0.05, 0.1) is 5.69 Å². The number of nitrogens with one attached hydrogen (secondary N) is 1. The Balaban J connectivity index is 3.05. The third kappa shape index (κ3) is 4.06. The Morgan fingerprint density at radius 2 is 2.15 bits per heavy atom. The Kier molecular flexibility index (Phi) is 5.27. The molecule has 1 N–H and O–H groups in total. The quantitative estimate of drug-likeness (QED) is 0.846. The number of ether oxygens (including phenoxy) is 1. The van der Waals surface area contributed by atoms with Gasteiger partial charge in [0.2, 0.25) is 5.88 Å². The minimum absolute atomic E-state index is 0.0756. The van der Waals surface area contributed by atoms with E-state index in [1.807, 2.05) is 0 Å². The SMILES string of the molecule is CNCCC(Oc1nc(C)c(F)cc1C#N)C(F)(F)F. The Bertz CT molecular complexity index is 511. The molecule has 0 saturated carbocycles. The molecule has 1 unspecified atom stereocenters. The van der Waals surface area contributed by atoms with E-state index < -0.39 is 24.0 Å². The average Bonchev–Trinajstić information content (AvgIpc) is 2.36. The number of aromatic nitrogens is 1. The van der Waals surface area contributed by atoms with Crippen molar-refractivity contribution in [2.24, 2.45) is 0 Å². The highest BCUT2D eigenvalue weighted by atomic mass is 19.4. The van der Waals surface area contributed by atoms with Gasteiger partial charge in [0.25, 0.3) is 0 Å². The number of nitrogens with zero attached hydrogens (tertiary/aromatic N) is 2. The number of rotatable bonds is 5. The lowest BCUT2D eigenvalue weighted by molar-refractivity contribution is -0.197. The summed E-state index contributed by atoms with van der Waals surface area (Å²) in [5.74, 6) is -1.28. The number of halogens is 4. The molecule has 0 aliphatic rings. The van der Waals surface area contributed by atoms with E-state index in [-0.39, 0.29) is 24.2 Å². The number of alkyl halides is 3. The van der Waals surface area contributed by atoms with Crippen LogP contribution in [0.5, 0.6) is 5.88 Å². The lowest BCUT2D eigenvalue weighted by Crippen LogP contribution is -2.37. The van der Waals surface area contributed by atoms with Crippen LogP contribution in [0.2, 0.25) is 0 Å². The molecular weight excluding hydrogens is 278 g/mol. The summed E-state index contributed by atoms with van der Waals surface area (Å²) in [7, 11) is 1.51. The molecule has 0 aliphatic heterocycles. The number of nitriles is 1. The number of hydrogen-bond donors (Lipinski definition) is 1. The lowest BCUT2D eigenvalue weighted by atomic mass is 10.2. The van der Waals surface area contributed by atoms with Crippen LogP contribution in [0.1, 0.15) is 17.7 Å². The van der Waals surface area contributed by atoms with E-state index in [9.17, 15) is 17.6 Å². The van der Waals surface area contributed by atoms with Gasteiger partial charge in [0.1, 0.15) is 17.4 Å². The summed E-state index contributed by atoms with van der Waals surface area (Å²) in [4.78, 5) is 3.56. The highest BCUT2D eigenvalue weighted by Gasteiger charge is 2.42. The first-order chi connectivity index (χ1) is 9.29. The summed E-state index contributed by atoms with van der Waals surface area (Å²) in [5.41, 5.74) is -0.500. The first kappa shape index (κ1) is 16.2. The predicted molar refractivity (Wildman–Crippen MR) is 62.7 cm³/mol. The normalized spacial score (nSPS) is 12.8. The Morgan fingerprint density at radius 3 is 2.65 bits per heavy atom. The minimum atomic E-state index is -4.60. The van der Waals surface area contributed by atoms with E-state index in [2.05, 4.69) is 10.3 Å². The van der Waals surface area contributed by atoms with Gasteiger partial charge in [-0.25, -0.2) is 9.37 Å². The van der Waals surface area contributed by atoms with Crippen LogP contribution in [0.3, 0.4) is 0 Å². The molecule has 1 aromatic heterocycles. The maximum atomic E-state index is 13.2. The second-order valence-electron chi connectivity index (χ2n) is 4.06. The van der Waals surface area contributed by atoms with Crippen molar-refractivity contribution >= 4 is 0 Å². The van der Waals surface area contributed by atoms with Crippen molar-refractivity contribution < 1.29 is 22.3 Å². The average molecular weight is 291 g/mol. The van der Waals surface area contributed by atoms with Crippen LogP contribution < -0.4 is 10.1 Å². The topological polar surface area (TPSA) is 57.9 Å². The zero-order valence-electron chi connectivity index (χ0n) is 10.9. The van der Waals surface area contributed by atoms with E-state index in [4.69, 9.17) is 10.00 Å². The molecule has 1 atom stereocenters. The molecule has 0 aromatic carbocycles. The van der Waals surface area contributed by atoms with Crippen LogP contribution in [-0.2, 0) is 0 Å². The first-order valence-electron chi connectivity index (χ1n) is 5.74. The van der Waals surface area contributed by atoms with E-state index in [0.29, 0.717) is 0 Å². The van der Waals surface area contributed by atoms with Crippen LogP contribution >= 0.6 is 0 Å². The largest absolute Gasteiger partial charge is 0.464 e. The van der Waals surface area contributed by atoms with Gasteiger partial charge in [-0.15, -0.1) is 0 Å². The molecule has 1 aromatic rings. The summed E-state index contributed by atoms with van der Waals surface area (Å²) in [6.07, 6.45) is -7.06. The van der Waals surface area contributed by atoms with Gasteiger partial charge in [-0.05, 0) is 26.6 Å². The molecule has 110 valence electrons. The summed E-state index contributed by atoms with van der Waals surface area (Å²) in [5, 5.41) is 11.4. The van der Waals surface area contributed by atoms with Crippen LogP contribution in [0.15, 0.2) is 6.07 Å². The second kappa shape index (κ2) is 6.52. The van der Waals surface area contributed by atoms with Crippen molar-refractivity contribution in [1.82, 2.24) is 10.3 Å². The molecule has 0 radical (unpaired) electrons. The van der Waals surface area contributed by atoms with E-state index in [1.54, 1.807) is 6.07 Å². The molecule has 0 amide bonds. The van der Waals surface area contributed by atoms with E-state index >= 15 is 0 Å². The van der Waals surface area contributed by atoms with Gasteiger partial charge in [0.15, 0.2) is 6.10 Å². The summed E-state index contributed by atoms with van der Waals surface area (Å²) in [6, 6.07) is 2.37.